The fraction of sp³-hybridized carbons (Fsp3) is 1.00. The largest absolute Gasteiger partial charge is 0.247 e. The van der Waals surface area contributed by atoms with Gasteiger partial charge in [-0.3, -0.25) is 0 Å². The maximum Gasteiger partial charge on any atom is 0.103 e. The summed E-state index contributed by atoms with van der Waals surface area (Å²) in [4.78, 5) is 0. The van der Waals surface area contributed by atoms with Gasteiger partial charge in [0, 0.05) is 6.42 Å². The first kappa shape index (κ1) is 6.97. The van der Waals surface area contributed by atoms with Crippen LogP contribution in [0.4, 0.5) is 8.78 Å². The summed E-state index contributed by atoms with van der Waals surface area (Å²) in [5, 5.41) is 0. The van der Waals surface area contributed by atoms with Crippen LogP contribution in [0.5, 0.6) is 0 Å². The van der Waals surface area contributed by atoms with E-state index in [-0.39, 0.29) is 12.3 Å². The molecule has 3 atom stereocenters. The van der Waals surface area contributed by atoms with E-state index in [0.717, 1.165) is 0 Å². The van der Waals surface area contributed by atoms with E-state index in [4.69, 9.17) is 0 Å². The summed E-state index contributed by atoms with van der Waals surface area (Å²) < 4.78 is 24.9. The van der Waals surface area contributed by atoms with E-state index < -0.39 is 12.3 Å². The molecule has 1 rings (SSSR count). The second kappa shape index (κ2) is 2.63. The lowest BCUT2D eigenvalue weighted by atomic mass is 9.88. The molecule has 2 heteroatoms. The zero-order valence-electron chi connectivity index (χ0n) is 5.61. The third kappa shape index (κ3) is 1.92. The maximum atomic E-state index is 12.4. The standard InChI is InChI=1S/C7H12F2/c1-5-2-6(8)4-7(9)3-5/h5-7H,2-4H2,1H3/t5?,6-,7?/m0/s1. The molecule has 0 aromatic heterocycles. The highest BCUT2D eigenvalue weighted by Crippen LogP contribution is 2.27. The highest BCUT2D eigenvalue weighted by molar-refractivity contribution is 4.75. The minimum Gasteiger partial charge on any atom is -0.247 e. The minimum absolute atomic E-state index is 0.129. The molecule has 0 heterocycles. The molecular weight excluding hydrogens is 122 g/mol. The molecule has 2 unspecified atom stereocenters. The van der Waals surface area contributed by atoms with Gasteiger partial charge < -0.3 is 0 Å². The number of alkyl halides is 2. The van der Waals surface area contributed by atoms with Crippen LogP contribution >= 0.6 is 0 Å². The van der Waals surface area contributed by atoms with Crippen LogP contribution in [0, 0.1) is 5.92 Å². The Kier molecular flexibility index (Phi) is 2.04. The van der Waals surface area contributed by atoms with Gasteiger partial charge in [-0.25, -0.2) is 8.78 Å². The van der Waals surface area contributed by atoms with Gasteiger partial charge in [0.05, 0.1) is 0 Å². The lowest BCUT2D eigenvalue weighted by Gasteiger charge is -2.23. The van der Waals surface area contributed by atoms with Crippen molar-refractivity contribution >= 4 is 0 Å². The van der Waals surface area contributed by atoms with Gasteiger partial charge in [0.25, 0.3) is 0 Å². The summed E-state index contributed by atoms with van der Waals surface area (Å²) in [5.41, 5.74) is 0. The van der Waals surface area contributed by atoms with Crippen LogP contribution in [0.15, 0.2) is 0 Å². The third-order valence-electron chi connectivity index (χ3n) is 1.83. The first-order valence-electron chi connectivity index (χ1n) is 3.46. The average molecular weight is 134 g/mol. The molecule has 0 N–H and O–H groups in total. The van der Waals surface area contributed by atoms with Crippen molar-refractivity contribution in [3.05, 3.63) is 0 Å². The van der Waals surface area contributed by atoms with Crippen LogP contribution in [-0.2, 0) is 0 Å². The van der Waals surface area contributed by atoms with Gasteiger partial charge >= 0.3 is 0 Å². The maximum absolute atomic E-state index is 12.4. The quantitative estimate of drug-likeness (QED) is 0.477. The summed E-state index contributed by atoms with van der Waals surface area (Å²) in [7, 11) is 0. The normalized spacial score (nSPS) is 45.0. The molecule has 0 aliphatic heterocycles. The fourth-order valence-electron chi connectivity index (χ4n) is 1.44. The Morgan fingerprint density at radius 1 is 1.00 bits per heavy atom. The molecule has 0 spiro atoms. The van der Waals surface area contributed by atoms with Crippen LogP contribution in [0.25, 0.3) is 0 Å². The molecular formula is C7H12F2. The van der Waals surface area contributed by atoms with E-state index in [1.165, 1.54) is 0 Å². The summed E-state index contributed by atoms with van der Waals surface area (Å²) in [6, 6.07) is 0. The Morgan fingerprint density at radius 3 is 1.78 bits per heavy atom. The van der Waals surface area contributed by atoms with Crippen molar-refractivity contribution < 1.29 is 8.78 Å². The van der Waals surface area contributed by atoms with Crippen LogP contribution in [0.3, 0.4) is 0 Å². The van der Waals surface area contributed by atoms with Crippen molar-refractivity contribution in [2.45, 2.75) is 38.5 Å². The van der Waals surface area contributed by atoms with Gasteiger partial charge in [-0.2, -0.15) is 0 Å². The first-order chi connectivity index (χ1) is 4.18. The lowest BCUT2D eigenvalue weighted by molar-refractivity contribution is 0.123. The van der Waals surface area contributed by atoms with Crippen LogP contribution < -0.4 is 0 Å². The lowest BCUT2D eigenvalue weighted by Crippen LogP contribution is -2.22. The van der Waals surface area contributed by atoms with E-state index >= 15 is 0 Å². The van der Waals surface area contributed by atoms with Crippen LogP contribution in [0.2, 0.25) is 0 Å². The van der Waals surface area contributed by atoms with Crippen molar-refractivity contribution in [1.82, 2.24) is 0 Å². The molecule has 1 aliphatic carbocycles. The van der Waals surface area contributed by atoms with Gasteiger partial charge in [0.2, 0.25) is 0 Å². The number of hydrogen-bond acceptors (Lipinski definition) is 0. The first-order valence-corrected chi connectivity index (χ1v) is 3.46. The second-order valence-electron chi connectivity index (χ2n) is 3.01. The van der Waals surface area contributed by atoms with Crippen molar-refractivity contribution in [3.63, 3.8) is 0 Å². The molecule has 0 radical (unpaired) electrons. The molecule has 54 valence electrons. The Bertz CT molecular complexity index is 67.9. The molecule has 0 aromatic rings. The minimum atomic E-state index is -0.885. The highest BCUT2D eigenvalue weighted by atomic mass is 19.1. The smallest absolute Gasteiger partial charge is 0.103 e. The number of halogens is 2. The van der Waals surface area contributed by atoms with E-state index in [9.17, 15) is 8.78 Å². The van der Waals surface area contributed by atoms with Gasteiger partial charge in [-0.1, -0.05) is 6.92 Å². The molecule has 1 aliphatic rings. The van der Waals surface area contributed by atoms with Gasteiger partial charge in [-0.15, -0.1) is 0 Å². The predicted octanol–water partition coefficient (Wildman–Crippen LogP) is 2.48. The highest BCUT2D eigenvalue weighted by Gasteiger charge is 2.25. The van der Waals surface area contributed by atoms with Crippen molar-refractivity contribution in [3.8, 4) is 0 Å². The van der Waals surface area contributed by atoms with Gasteiger partial charge in [0.15, 0.2) is 0 Å². The predicted molar refractivity (Wildman–Crippen MR) is 32.8 cm³/mol. The Morgan fingerprint density at radius 2 is 1.44 bits per heavy atom. The Hall–Kier alpha value is -0.140. The Balaban J connectivity index is 2.34. The van der Waals surface area contributed by atoms with Crippen LogP contribution in [0.1, 0.15) is 26.2 Å². The van der Waals surface area contributed by atoms with Crippen molar-refractivity contribution in [2.24, 2.45) is 5.92 Å². The van der Waals surface area contributed by atoms with E-state index in [0.29, 0.717) is 12.8 Å². The topological polar surface area (TPSA) is 0 Å². The number of hydrogen-bond donors (Lipinski definition) is 0. The fourth-order valence-corrected chi connectivity index (χ4v) is 1.44. The van der Waals surface area contributed by atoms with Crippen LogP contribution in [-0.4, -0.2) is 12.3 Å². The van der Waals surface area contributed by atoms with E-state index in [2.05, 4.69) is 0 Å². The van der Waals surface area contributed by atoms with Gasteiger partial charge in [-0.05, 0) is 18.8 Å². The van der Waals surface area contributed by atoms with Crippen molar-refractivity contribution in [1.29, 1.82) is 0 Å². The van der Waals surface area contributed by atoms with Gasteiger partial charge in [0.1, 0.15) is 12.3 Å². The molecule has 0 saturated heterocycles. The average Bonchev–Trinajstić information content (AvgIpc) is 1.59. The monoisotopic (exact) mass is 134 g/mol. The van der Waals surface area contributed by atoms with E-state index in [1.807, 2.05) is 6.92 Å². The third-order valence-corrected chi connectivity index (χ3v) is 1.83. The molecule has 9 heavy (non-hydrogen) atoms. The SMILES string of the molecule is CC1CC(F)C[C@@H](F)C1. The zero-order chi connectivity index (χ0) is 6.85. The molecule has 0 bridgehead atoms. The summed E-state index contributed by atoms with van der Waals surface area (Å²) >= 11 is 0. The van der Waals surface area contributed by atoms with E-state index in [1.54, 1.807) is 0 Å². The zero-order valence-corrected chi connectivity index (χ0v) is 5.61. The molecule has 0 amide bonds. The molecule has 1 saturated carbocycles. The van der Waals surface area contributed by atoms with Crippen molar-refractivity contribution in [2.75, 3.05) is 0 Å². The summed E-state index contributed by atoms with van der Waals surface area (Å²) in [5.74, 6) is 0.240. The molecule has 1 fully saturated rings. The Labute approximate surface area is 54.3 Å². The molecule has 0 aromatic carbocycles. The number of rotatable bonds is 0. The summed E-state index contributed by atoms with van der Waals surface area (Å²) in [6.07, 6.45) is -0.530. The molecule has 0 nitrogen and oxygen atoms in total. The summed E-state index contributed by atoms with van der Waals surface area (Å²) in [6.45, 7) is 1.90. The second-order valence-corrected chi connectivity index (χ2v) is 3.01.